The third-order valence-corrected chi connectivity index (χ3v) is 5.83. The Hall–Kier alpha value is -3.16. The number of nitrogens with one attached hydrogen (secondary N) is 3. The Morgan fingerprint density at radius 2 is 1.77 bits per heavy atom. The smallest absolute Gasteiger partial charge is 0.209 e. The zero-order chi connectivity index (χ0) is 21.7. The van der Waals surface area contributed by atoms with Gasteiger partial charge in [0, 0.05) is 34.7 Å². The van der Waals surface area contributed by atoms with E-state index >= 15 is 0 Å². The van der Waals surface area contributed by atoms with Crippen molar-refractivity contribution in [3.05, 3.63) is 89.9 Å². The topological polar surface area (TPSA) is 86.9 Å². The molecule has 31 heavy (non-hydrogen) atoms. The number of aryl methyl sites for hydroxylation is 2. The largest absolute Gasteiger partial charge is 0.361 e. The van der Waals surface area contributed by atoms with Crippen LogP contribution in [0.3, 0.4) is 0 Å². The van der Waals surface area contributed by atoms with Gasteiger partial charge < -0.3 is 10.3 Å². The SMILES string of the molecule is CS(=O)(=O)NCc1cc(Nc2ccc(CCCc3c[nH]c4ccccc34)cc2)ccn1. The summed E-state index contributed by atoms with van der Waals surface area (Å²) in [4.78, 5) is 7.54. The van der Waals surface area contributed by atoms with E-state index in [1.54, 1.807) is 6.20 Å². The molecule has 0 unspecified atom stereocenters. The summed E-state index contributed by atoms with van der Waals surface area (Å²) in [5.41, 5.74) is 6.37. The number of aromatic amines is 1. The summed E-state index contributed by atoms with van der Waals surface area (Å²) in [6.07, 6.45) is 8.08. The molecule has 0 aliphatic carbocycles. The first-order valence-electron chi connectivity index (χ1n) is 10.3. The van der Waals surface area contributed by atoms with Gasteiger partial charge in [0.1, 0.15) is 0 Å². The lowest BCUT2D eigenvalue weighted by molar-refractivity contribution is 0.586. The Morgan fingerprint density at radius 3 is 2.58 bits per heavy atom. The van der Waals surface area contributed by atoms with Gasteiger partial charge in [-0.25, -0.2) is 13.1 Å². The van der Waals surface area contributed by atoms with Gasteiger partial charge in [-0.1, -0.05) is 30.3 Å². The summed E-state index contributed by atoms with van der Waals surface area (Å²) in [6.45, 7) is 0.170. The normalized spacial score (nSPS) is 11.6. The number of hydrogen-bond acceptors (Lipinski definition) is 4. The van der Waals surface area contributed by atoms with E-state index in [-0.39, 0.29) is 6.54 Å². The van der Waals surface area contributed by atoms with Crippen molar-refractivity contribution < 1.29 is 8.42 Å². The van der Waals surface area contributed by atoms with Crippen LogP contribution in [0.15, 0.2) is 73.1 Å². The Bertz CT molecular complexity index is 1260. The average molecular weight is 435 g/mol. The minimum Gasteiger partial charge on any atom is -0.361 e. The van der Waals surface area contributed by atoms with Gasteiger partial charge >= 0.3 is 0 Å². The number of H-pyrrole nitrogens is 1. The molecule has 4 aromatic rings. The number of aromatic nitrogens is 2. The van der Waals surface area contributed by atoms with Gasteiger partial charge in [-0.2, -0.15) is 0 Å². The van der Waals surface area contributed by atoms with Crippen LogP contribution in [-0.4, -0.2) is 24.6 Å². The van der Waals surface area contributed by atoms with Crippen LogP contribution in [0, 0.1) is 0 Å². The molecule has 0 atom stereocenters. The summed E-state index contributed by atoms with van der Waals surface area (Å²) < 4.78 is 25.0. The van der Waals surface area contributed by atoms with Gasteiger partial charge in [-0.3, -0.25) is 4.98 Å². The maximum Gasteiger partial charge on any atom is 0.209 e. The number of para-hydroxylation sites is 1. The van der Waals surface area contributed by atoms with Crippen molar-refractivity contribution in [3.63, 3.8) is 0 Å². The quantitative estimate of drug-likeness (QED) is 0.361. The number of pyridine rings is 1. The molecule has 0 radical (unpaired) electrons. The average Bonchev–Trinajstić information content (AvgIpc) is 3.17. The molecule has 0 saturated carbocycles. The Morgan fingerprint density at radius 1 is 0.968 bits per heavy atom. The lowest BCUT2D eigenvalue weighted by atomic mass is 10.0. The molecule has 4 rings (SSSR count). The van der Waals surface area contributed by atoms with Crippen LogP contribution in [0.4, 0.5) is 11.4 Å². The molecule has 0 aliphatic rings. The van der Waals surface area contributed by atoms with Crippen LogP contribution < -0.4 is 10.0 Å². The zero-order valence-electron chi connectivity index (χ0n) is 17.4. The third-order valence-electron chi connectivity index (χ3n) is 5.16. The molecule has 0 saturated heterocycles. The Labute approximate surface area is 182 Å². The summed E-state index contributed by atoms with van der Waals surface area (Å²) in [7, 11) is -3.24. The molecule has 0 bridgehead atoms. The van der Waals surface area contributed by atoms with Crippen molar-refractivity contribution in [2.75, 3.05) is 11.6 Å². The second kappa shape index (κ2) is 9.32. The molecule has 0 aliphatic heterocycles. The number of sulfonamides is 1. The van der Waals surface area contributed by atoms with E-state index in [0.29, 0.717) is 5.69 Å². The molecule has 2 aromatic heterocycles. The minimum atomic E-state index is -3.24. The van der Waals surface area contributed by atoms with Gasteiger partial charge in [0.15, 0.2) is 0 Å². The first-order chi connectivity index (χ1) is 15.0. The molecule has 6 nitrogen and oxygen atoms in total. The second-order valence-electron chi connectivity index (χ2n) is 7.66. The standard InChI is InChI=1S/C24H26N4O2S/c1-31(29,30)27-17-22-15-21(13-14-25-22)28-20-11-9-18(10-12-20)5-4-6-19-16-26-24-8-3-2-7-23(19)24/h2-3,7-16,26-27H,4-6,17H2,1H3,(H,25,28). The van der Waals surface area contributed by atoms with Crippen LogP contribution in [-0.2, 0) is 29.4 Å². The van der Waals surface area contributed by atoms with Gasteiger partial charge in [0.05, 0.1) is 18.5 Å². The molecule has 160 valence electrons. The van der Waals surface area contributed by atoms with Crippen LogP contribution in [0.5, 0.6) is 0 Å². The highest BCUT2D eigenvalue weighted by Gasteiger charge is 2.05. The fourth-order valence-corrected chi connectivity index (χ4v) is 4.01. The van der Waals surface area contributed by atoms with Crippen LogP contribution >= 0.6 is 0 Å². The maximum absolute atomic E-state index is 11.3. The highest BCUT2D eigenvalue weighted by molar-refractivity contribution is 7.88. The van der Waals surface area contributed by atoms with Crippen molar-refractivity contribution in [1.29, 1.82) is 0 Å². The molecule has 7 heteroatoms. The predicted molar refractivity (Wildman–Crippen MR) is 126 cm³/mol. The molecular weight excluding hydrogens is 408 g/mol. The molecule has 2 heterocycles. The van der Waals surface area contributed by atoms with Crippen molar-refractivity contribution in [2.24, 2.45) is 0 Å². The fraction of sp³-hybridized carbons (Fsp3) is 0.208. The Kier molecular flexibility index (Phi) is 6.34. The van der Waals surface area contributed by atoms with Crippen LogP contribution in [0.1, 0.15) is 23.2 Å². The minimum absolute atomic E-state index is 0.170. The van der Waals surface area contributed by atoms with E-state index in [2.05, 4.69) is 74.7 Å². The predicted octanol–water partition coefficient (Wildman–Crippen LogP) is 4.53. The fourth-order valence-electron chi connectivity index (χ4n) is 3.60. The van der Waals surface area contributed by atoms with Gasteiger partial charge in [-0.15, -0.1) is 0 Å². The van der Waals surface area contributed by atoms with Crippen molar-refractivity contribution in [2.45, 2.75) is 25.8 Å². The van der Waals surface area contributed by atoms with Gasteiger partial charge in [-0.05, 0) is 60.7 Å². The van der Waals surface area contributed by atoms with Crippen LogP contribution in [0.2, 0.25) is 0 Å². The summed E-state index contributed by atoms with van der Waals surface area (Å²) in [5.74, 6) is 0. The van der Waals surface area contributed by atoms with E-state index in [0.717, 1.165) is 36.9 Å². The van der Waals surface area contributed by atoms with E-state index in [1.165, 1.54) is 22.0 Å². The molecule has 0 spiro atoms. The molecular formula is C24H26N4O2S. The molecule has 0 fully saturated rings. The summed E-state index contributed by atoms with van der Waals surface area (Å²) in [6, 6.07) is 20.5. The van der Waals surface area contributed by atoms with Gasteiger partial charge in [0.25, 0.3) is 0 Å². The van der Waals surface area contributed by atoms with E-state index in [1.807, 2.05) is 12.1 Å². The first kappa shape index (κ1) is 21.1. The molecule has 0 amide bonds. The highest BCUT2D eigenvalue weighted by atomic mass is 32.2. The Balaban J connectivity index is 1.31. The van der Waals surface area contributed by atoms with E-state index < -0.39 is 10.0 Å². The third kappa shape index (κ3) is 5.93. The number of anilines is 2. The monoisotopic (exact) mass is 434 g/mol. The highest BCUT2D eigenvalue weighted by Crippen LogP contribution is 2.21. The van der Waals surface area contributed by atoms with Crippen LogP contribution in [0.25, 0.3) is 10.9 Å². The van der Waals surface area contributed by atoms with Crippen molar-refractivity contribution >= 4 is 32.3 Å². The maximum atomic E-state index is 11.3. The number of nitrogens with zero attached hydrogens (tertiary/aromatic N) is 1. The first-order valence-corrected chi connectivity index (χ1v) is 12.2. The van der Waals surface area contributed by atoms with Crippen molar-refractivity contribution in [1.82, 2.24) is 14.7 Å². The number of hydrogen-bond donors (Lipinski definition) is 3. The van der Waals surface area contributed by atoms with Gasteiger partial charge in [0.2, 0.25) is 10.0 Å². The second-order valence-corrected chi connectivity index (χ2v) is 9.50. The summed E-state index contributed by atoms with van der Waals surface area (Å²) >= 11 is 0. The molecule has 3 N–H and O–H groups in total. The van der Waals surface area contributed by atoms with E-state index in [9.17, 15) is 8.42 Å². The van der Waals surface area contributed by atoms with E-state index in [4.69, 9.17) is 0 Å². The zero-order valence-corrected chi connectivity index (χ0v) is 18.2. The lowest BCUT2D eigenvalue weighted by Crippen LogP contribution is -2.21. The number of benzene rings is 2. The number of rotatable bonds is 9. The lowest BCUT2D eigenvalue weighted by Gasteiger charge is -2.09. The molecule has 2 aromatic carbocycles. The number of fused-ring (bicyclic) bond motifs is 1. The van der Waals surface area contributed by atoms with Crippen molar-refractivity contribution in [3.8, 4) is 0 Å². The summed E-state index contributed by atoms with van der Waals surface area (Å²) in [5, 5.41) is 4.66.